The van der Waals surface area contributed by atoms with Gasteiger partial charge in [0.1, 0.15) is 23.9 Å². The number of rotatable bonds is 6. The second-order valence-corrected chi connectivity index (χ2v) is 6.71. The third-order valence-corrected chi connectivity index (χ3v) is 4.45. The molecule has 0 atom stereocenters. The average Bonchev–Trinajstić information content (AvgIpc) is 2.90. The lowest BCUT2D eigenvalue weighted by Crippen LogP contribution is -2.30. The van der Waals surface area contributed by atoms with Crippen molar-refractivity contribution in [2.45, 2.75) is 6.54 Å². The van der Waals surface area contributed by atoms with E-state index in [1.807, 2.05) is 0 Å². The van der Waals surface area contributed by atoms with E-state index >= 15 is 0 Å². The number of carboxylic acid groups (broad SMARTS) is 1. The van der Waals surface area contributed by atoms with Crippen LogP contribution in [0, 0.1) is 5.82 Å². The van der Waals surface area contributed by atoms with Crippen LogP contribution in [-0.2, 0) is 16.1 Å². The maximum absolute atomic E-state index is 13.0. The van der Waals surface area contributed by atoms with Crippen LogP contribution in [0.2, 0.25) is 0 Å². The van der Waals surface area contributed by atoms with E-state index in [0.29, 0.717) is 21.3 Å². The number of aliphatic carboxylic acids is 1. The Morgan fingerprint density at radius 3 is 2.57 bits per heavy atom. The molecular weight excluding hydrogens is 435 g/mol. The van der Waals surface area contributed by atoms with Crippen LogP contribution >= 0.6 is 15.9 Å². The first-order valence-corrected chi connectivity index (χ1v) is 8.84. The summed E-state index contributed by atoms with van der Waals surface area (Å²) in [6, 6.07) is 9.67. The molecule has 9 heteroatoms. The summed E-state index contributed by atoms with van der Waals surface area (Å²) in [7, 11) is 0. The standard InChI is InChI=1S/C19H14BrFN2O5/c20-14-7-12(3-6-16(14)28-10-17(24)25)8-15-18(26)23(19(27)22-15)9-11-1-4-13(21)5-2-11/h1-8H,9-10H2,(H,22,27)(H,24,25)/p-1/b15-8+. The van der Waals surface area contributed by atoms with Crippen LogP contribution in [0.3, 0.4) is 0 Å². The number of imide groups is 1. The molecule has 2 aromatic carbocycles. The van der Waals surface area contributed by atoms with Gasteiger partial charge in [-0.3, -0.25) is 9.69 Å². The summed E-state index contributed by atoms with van der Waals surface area (Å²) in [6.45, 7) is -0.575. The average molecular weight is 448 g/mol. The molecule has 1 saturated heterocycles. The summed E-state index contributed by atoms with van der Waals surface area (Å²) in [5, 5.41) is 13.0. The molecule has 1 fully saturated rings. The summed E-state index contributed by atoms with van der Waals surface area (Å²) < 4.78 is 18.5. The second-order valence-electron chi connectivity index (χ2n) is 5.86. The molecule has 0 aliphatic carbocycles. The minimum atomic E-state index is -1.35. The van der Waals surface area contributed by atoms with Crippen LogP contribution in [0.4, 0.5) is 9.18 Å². The number of halogens is 2. The monoisotopic (exact) mass is 447 g/mol. The number of urea groups is 1. The first kappa shape index (κ1) is 19.6. The van der Waals surface area contributed by atoms with Crippen molar-refractivity contribution in [3.05, 3.63) is 69.6 Å². The SMILES string of the molecule is O=C([O-])COc1ccc(/C=C2/NC(=O)N(Cc3ccc(F)cc3)C2=O)cc1Br. The van der Waals surface area contributed by atoms with E-state index in [0.717, 1.165) is 4.90 Å². The van der Waals surface area contributed by atoms with E-state index < -0.39 is 30.3 Å². The van der Waals surface area contributed by atoms with Gasteiger partial charge in [-0.1, -0.05) is 18.2 Å². The number of carbonyl (C=O) groups excluding carboxylic acids is 3. The predicted molar refractivity (Wildman–Crippen MR) is 98.1 cm³/mol. The van der Waals surface area contributed by atoms with Crippen LogP contribution in [0.5, 0.6) is 5.75 Å². The summed E-state index contributed by atoms with van der Waals surface area (Å²) in [6.07, 6.45) is 1.48. The molecule has 3 amide bonds. The van der Waals surface area contributed by atoms with Crippen LogP contribution in [0.15, 0.2) is 52.6 Å². The normalized spacial score (nSPS) is 15.1. The van der Waals surface area contributed by atoms with E-state index in [1.165, 1.54) is 36.4 Å². The fourth-order valence-electron chi connectivity index (χ4n) is 2.51. The van der Waals surface area contributed by atoms with Crippen molar-refractivity contribution in [3.63, 3.8) is 0 Å². The van der Waals surface area contributed by atoms with E-state index in [2.05, 4.69) is 21.2 Å². The van der Waals surface area contributed by atoms with Crippen LogP contribution in [-0.4, -0.2) is 29.4 Å². The molecule has 7 nitrogen and oxygen atoms in total. The van der Waals surface area contributed by atoms with Crippen molar-refractivity contribution in [2.75, 3.05) is 6.61 Å². The highest BCUT2D eigenvalue weighted by Gasteiger charge is 2.33. The van der Waals surface area contributed by atoms with E-state index in [4.69, 9.17) is 4.74 Å². The quantitative estimate of drug-likeness (QED) is 0.537. The number of carboxylic acids is 1. The number of amides is 3. The molecular formula is C19H13BrFN2O5-. The molecule has 0 spiro atoms. The third kappa shape index (κ3) is 4.55. The maximum atomic E-state index is 13.0. The van der Waals surface area contributed by atoms with Crippen molar-refractivity contribution in [1.29, 1.82) is 0 Å². The minimum absolute atomic E-state index is 0.0159. The zero-order valence-corrected chi connectivity index (χ0v) is 15.9. The number of hydrogen-bond acceptors (Lipinski definition) is 5. The lowest BCUT2D eigenvalue weighted by Gasteiger charge is -2.11. The highest BCUT2D eigenvalue weighted by atomic mass is 79.9. The maximum Gasteiger partial charge on any atom is 0.329 e. The summed E-state index contributed by atoms with van der Waals surface area (Å²) in [5.74, 6) is -1.97. The molecule has 1 N–H and O–H groups in total. The zero-order chi connectivity index (χ0) is 20.3. The predicted octanol–water partition coefficient (Wildman–Crippen LogP) is 1.81. The van der Waals surface area contributed by atoms with Gasteiger partial charge in [0.15, 0.2) is 0 Å². The lowest BCUT2D eigenvalue weighted by atomic mass is 10.1. The Bertz CT molecular complexity index is 975. The molecule has 1 aliphatic heterocycles. The summed E-state index contributed by atoms with van der Waals surface area (Å²) in [5.41, 5.74) is 1.28. The van der Waals surface area contributed by atoms with Crippen LogP contribution in [0.1, 0.15) is 11.1 Å². The summed E-state index contributed by atoms with van der Waals surface area (Å²) in [4.78, 5) is 36.1. The van der Waals surface area contributed by atoms with Gasteiger partial charge in [0.25, 0.3) is 5.91 Å². The number of carbonyl (C=O) groups is 3. The van der Waals surface area contributed by atoms with Crippen molar-refractivity contribution < 1.29 is 28.6 Å². The van der Waals surface area contributed by atoms with Gasteiger partial charge in [0.05, 0.1) is 17.0 Å². The van der Waals surface area contributed by atoms with Crippen molar-refractivity contribution in [2.24, 2.45) is 0 Å². The number of nitrogens with zero attached hydrogens (tertiary/aromatic N) is 1. The van der Waals surface area contributed by atoms with Gasteiger partial charge in [-0.25, -0.2) is 9.18 Å². The van der Waals surface area contributed by atoms with Crippen molar-refractivity contribution in [1.82, 2.24) is 10.2 Å². The molecule has 1 aliphatic rings. The number of hydrogen-bond donors (Lipinski definition) is 1. The number of benzene rings is 2. The first-order chi connectivity index (χ1) is 13.3. The van der Waals surface area contributed by atoms with Crippen molar-refractivity contribution >= 4 is 39.9 Å². The second kappa shape index (κ2) is 8.22. The van der Waals surface area contributed by atoms with Crippen molar-refractivity contribution in [3.8, 4) is 5.75 Å². The minimum Gasteiger partial charge on any atom is -0.546 e. The van der Waals surface area contributed by atoms with E-state index in [-0.39, 0.29) is 12.2 Å². The van der Waals surface area contributed by atoms with Crippen LogP contribution < -0.4 is 15.2 Å². The first-order valence-electron chi connectivity index (χ1n) is 8.04. The molecule has 0 radical (unpaired) electrons. The largest absolute Gasteiger partial charge is 0.546 e. The molecule has 0 saturated carbocycles. The highest BCUT2D eigenvalue weighted by Crippen LogP contribution is 2.27. The Balaban J connectivity index is 1.75. The van der Waals surface area contributed by atoms with Gasteiger partial charge >= 0.3 is 6.03 Å². The lowest BCUT2D eigenvalue weighted by molar-refractivity contribution is -0.307. The molecule has 0 bridgehead atoms. The van der Waals surface area contributed by atoms with E-state index in [1.54, 1.807) is 12.1 Å². The number of nitrogens with one attached hydrogen (secondary N) is 1. The Labute approximate surface area is 167 Å². The van der Waals surface area contributed by atoms with Gasteiger partial charge in [0.2, 0.25) is 0 Å². The fraction of sp³-hybridized carbons (Fsp3) is 0.105. The summed E-state index contributed by atoms with van der Waals surface area (Å²) >= 11 is 3.25. The Hall–Kier alpha value is -3.20. The Morgan fingerprint density at radius 2 is 1.93 bits per heavy atom. The molecule has 144 valence electrons. The number of ether oxygens (including phenoxy) is 1. The van der Waals surface area contributed by atoms with Gasteiger partial charge in [-0.05, 0) is 57.4 Å². The third-order valence-electron chi connectivity index (χ3n) is 3.83. The van der Waals surface area contributed by atoms with Gasteiger partial charge < -0.3 is 20.0 Å². The Morgan fingerprint density at radius 1 is 1.21 bits per heavy atom. The van der Waals surface area contributed by atoms with Gasteiger partial charge in [0, 0.05) is 0 Å². The molecule has 0 unspecified atom stereocenters. The zero-order valence-electron chi connectivity index (χ0n) is 14.3. The molecule has 28 heavy (non-hydrogen) atoms. The van der Waals surface area contributed by atoms with Gasteiger partial charge in [-0.2, -0.15) is 0 Å². The smallest absolute Gasteiger partial charge is 0.329 e. The molecule has 3 rings (SSSR count). The Kier molecular flexibility index (Phi) is 5.74. The topological polar surface area (TPSA) is 98.8 Å². The van der Waals surface area contributed by atoms with E-state index in [9.17, 15) is 23.9 Å². The van der Waals surface area contributed by atoms with Gasteiger partial charge in [-0.15, -0.1) is 0 Å². The molecule has 2 aromatic rings. The molecule has 1 heterocycles. The van der Waals surface area contributed by atoms with Crippen LogP contribution in [0.25, 0.3) is 6.08 Å². The highest BCUT2D eigenvalue weighted by molar-refractivity contribution is 9.10. The molecule has 0 aromatic heterocycles. The fourth-order valence-corrected chi connectivity index (χ4v) is 3.03.